The van der Waals surface area contributed by atoms with Gasteiger partial charge in [-0.05, 0) is 25.1 Å². The molecule has 4 aromatic rings. The molecule has 2 aromatic heterocycles. The molecule has 0 aliphatic carbocycles. The van der Waals surface area contributed by atoms with Crippen molar-refractivity contribution in [1.82, 2.24) is 9.97 Å². The van der Waals surface area contributed by atoms with E-state index in [0.717, 1.165) is 10.4 Å². The molecule has 6 heteroatoms. The predicted molar refractivity (Wildman–Crippen MR) is 106 cm³/mol. The first kappa shape index (κ1) is 16.7. The first-order chi connectivity index (χ1) is 12.5. The summed E-state index contributed by atoms with van der Waals surface area (Å²) in [4.78, 5) is 32.4. The molecule has 0 atom stereocenters. The zero-order valence-corrected chi connectivity index (χ0v) is 15.3. The Morgan fingerprint density at radius 3 is 2.69 bits per heavy atom. The van der Waals surface area contributed by atoms with Gasteiger partial charge in [0.2, 0.25) is 0 Å². The quantitative estimate of drug-likeness (QED) is 0.498. The predicted octanol–water partition coefficient (Wildman–Crippen LogP) is 5.17. The van der Waals surface area contributed by atoms with E-state index in [1.807, 2.05) is 36.4 Å². The van der Waals surface area contributed by atoms with Gasteiger partial charge in [-0.25, -0.2) is 4.98 Å². The third-order valence-corrected chi connectivity index (χ3v) is 5.55. The van der Waals surface area contributed by atoms with E-state index in [-0.39, 0.29) is 11.3 Å². The first-order valence-electron chi connectivity index (χ1n) is 7.93. The smallest absolute Gasteiger partial charge is 0.269 e. The average molecular weight is 381 g/mol. The fourth-order valence-electron chi connectivity index (χ4n) is 2.76. The molecule has 0 aliphatic rings. The summed E-state index contributed by atoms with van der Waals surface area (Å²) >= 11 is 7.63. The Morgan fingerprint density at radius 2 is 1.92 bits per heavy atom. The van der Waals surface area contributed by atoms with Crippen molar-refractivity contribution in [3.8, 4) is 21.8 Å². The molecule has 0 radical (unpaired) electrons. The minimum absolute atomic E-state index is 0.0354. The van der Waals surface area contributed by atoms with Crippen LogP contribution in [-0.2, 0) is 0 Å². The van der Waals surface area contributed by atoms with Crippen LogP contribution in [0.3, 0.4) is 0 Å². The van der Waals surface area contributed by atoms with Crippen molar-refractivity contribution in [3.05, 3.63) is 75.5 Å². The number of H-pyrrole nitrogens is 1. The molecular weight excluding hydrogens is 368 g/mol. The molecular formula is C20H13ClN2O2S. The second-order valence-corrected chi connectivity index (χ2v) is 7.32. The lowest BCUT2D eigenvalue weighted by molar-refractivity contribution is 0.101. The second kappa shape index (κ2) is 6.52. The first-order valence-corrected chi connectivity index (χ1v) is 9.12. The summed E-state index contributed by atoms with van der Waals surface area (Å²) in [6.07, 6.45) is 0. The second-order valence-electron chi connectivity index (χ2n) is 5.86. The molecule has 1 N–H and O–H groups in total. The molecule has 0 bridgehead atoms. The molecule has 0 unspecified atom stereocenters. The Bertz CT molecular complexity index is 1210. The highest BCUT2D eigenvalue weighted by Crippen LogP contribution is 2.35. The average Bonchev–Trinajstić information content (AvgIpc) is 3.06. The van der Waals surface area contributed by atoms with Crippen molar-refractivity contribution in [2.45, 2.75) is 6.92 Å². The Kier molecular flexibility index (Phi) is 4.18. The molecule has 4 rings (SSSR count). The molecule has 128 valence electrons. The monoisotopic (exact) mass is 380 g/mol. The topological polar surface area (TPSA) is 62.8 Å². The van der Waals surface area contributed by atoms with Crippen LogP contribution >= 0.6 is 22.9 Å². The highest BCUT2D eigenvalue weighted by Gasteiger charge is 2.13. The maximum atomic E-state index is 12.5. The number of aromatic nitrogens is 2. The summed E-state index contributed by atoms with van der Waals surface area (Å²) in [5.41, 5.74) is 2.55. The van der Waals surface area contributed by atoms with E-state index in [4.69, 9.17) is 11.6 Å². The number of nitrogens with one attached hydrogen (secondary N) is 1. The van der Waals surface area contributed by atoms with Crippen LogP contribution in [0.1, 0.15) is 17.3 Å². The molecule has 4 nitrogen and oxygen atoms in total. The van der Waals surface area contributed by atoms with Gasteiger partial charge in [-0.15, -0.1) is 11.3 Å². The number of halogens is 1. The Hall–Kier alpha value is -2.76. The maximum absolute atomic E-state index is 12.5. The van der Waals surface area contributed by atoms with E-state index in [1.165, 1.54) is 18.3 Å². The van der Waals surface area contributed by atoms with Crippen LogP contribution in [0.2, 0.25) is 5.02 Å². The Balaban J connectivity index is 1.87. The van der Waals surface area contributed by atoms with Gasteiger partial charge in [-0.3, -0.25) is 9.59 Å². The summed E-state index contributed by atoms with van der Waals surface area (Å²) in [6.45, 7) is 1.51. The zero-order chi connectivity index (χ0) is 18.3. The Labute approximate surface area is 158 Å². The summed E-state index contributed by atoms with van der Waals surface area (Å²) < 4.78 is 0.548. The molecule has 0 aliphatic heterocycles. The van der Waals surface area contributed by atoms with Crippen LogP contribution in [0, 0.1) is 0 Å². The van der Waals surface area contributed by atoms with E-state index < -0.39 is 0 Å². The largest absolute Gasteiger partial charge is 0.305 e. The number of ketones is 1. The van der Waals surface area contributed by atoms with Crippen molar-refractivity contribution < 1.29 is 4.79 Å². The number of nitrogens with zero attached hydrogens (tertiary/aromatic N) is 1. The van der Waals surface area contributed by atoms with Crippen molar-refractivity contribution in [3.63, 3.8) is 0 Å². The lowest BCUT2D eigenvalue weighted by atomic mass is 10.1. The third-order valence-electron chi connectivity index (χ3n) is 4.06. The number of benzene rings is 2. The molecule has 0 fully saturated rings. The van der Waals surface area contributed by atoms with Crippen LogP contribution in [0.25, 0.3) is 32.0 Å². The van der Waals surface area contributed by atoms with Crippen LogP contribution in [0.15, 0.2) is 59.4 Å². The maximum Gasteiger partial charge on any atom is 0.269 e. The van der Waals surface area contributed by atoms with Gasteiger partial charge in [0.25, 0.3) is 5.56 Å². The summed E-state index contributed by atoms with van der Waals surface area (Å²) in [7, 11) is 0. The standard InChI is InChI=1S/C20H13ClN2O2S/c1-11(24)12-5-4-6-13(9-12)19-22-16-10-17(26-18(16)20(25)23-19)14-7-2-3-8-15(14)21/h2-10H,1H3,(H,22,23,25). The van der Waals surface area contributed by atoms with E-state index in [1.54, 1.807) is 18.2 Å². The number of fused-ring (bicyclic) bond motifs is 1. The van der Waals surface area contributed by atoms with Gasteiger partial charge in [-0.2, -0.15) is 0 Å². The van der Waals surface area contributed by atoms with Crippen molar-refractivity contribution in [2.24, 2.45) is 0 Å². The van der Waals surface area contributed by atoms with Crippen molar-refractivity contribution in [2.75, 3.05) is 0 Å². The van der Waals surface area contributed by atoms with Gasteiger partial charge in [0, 0.05) is 26.6 Å². The number of carbonyl (C=O) groups excluding carboxylic acids is 1. The molecule has 0 saturated carbocycles. The lowest BCUT2D eigenvalue weighted by Gasteiger charge is -2.02. The van der Waals surface area contributed by atoms with Gasteiger partial charge in [0.1, 0.15) is 10.5 Å². The van der Waals surface area contributed by atoms with Crippen molar-refractivity contribution >= 4 is 38.9 Å². The van der Waals surface area contributed by atoms with E-state index >= 15 is 0 Å². The van der Waals surface area contributed by atoms with E-state index in [0.29, 0.717) is 32.2 Å². The highest BCUT2D eigenvalue weighted by atomic mass is 35.5. The SMILES string of the molecule is CC(=O)c1cccc(-c2nc3cc(-c4ccccc4Cl)sc3c(=O)[nH]2)c1. The summed E-state index contributed by atoms with van der Waals surface area (Å²) in [5, 5.41) is 0.630. The minimum atomic E-state index is -0.207. The minimum Gasteiger partial charge on any atom is -0.305 e. The number of Topliss-reactive ketones (excluding diaryl/α,β-unsaturated/α-hetero) is 1. The van der Waals surface area contributed by atoms with Crippen LogP contribution < -0.4 is 5.56 Å². The third kappa shape index (κ3) is 2.96. The van der Waals surface area contributed by atoms with Gasteiger partial charge >= 0.3 is 0 Å². The van der Waals surface area contributed by atoms with Crippen LogP contribution in [-0.4, -0.2) is 15.8 Å². The van der Waals surface area contributed by atoms with E-state index in [2.05, 4.69) is 9.97 Å². The lowest BCUT2D eigenvalue weighted by Crippen LogP contribution is -2.07. The molecule has 2 heterocycles. The van der Waals surface area contributed by atoms with Gasteiger partial charge < -0.3 is 4.98 Å². The number of hydrogen-bond acceptors (Lipinski definition) is 4. The van der Waals surface area contributed by atoms with Crippen LogP contribution in [0.4, 0.5) is 0 Å². The van der Waals surface area contributed by atoms with Gasteiger partial charge in [0.15, 0.2) is 5.78 Å². The highest BCUT2D eigenvalue weighted by molar-refractivity contribution is 7.22. The van der Waals surface area contributed by atoms with Crippen molar-refractivity contribution in [1.29, 1.82) is 0 Å². The van der Waals surface area contributed by atoms with E-state index in [9.17, 15) is 9.59 Å². The van der Waals surface area contributed by atoms with Gasteiger partial charge in [-0.1, -0.05) is 48.0 Å². The molecule has 0 spiro atoms. The number of aromatic amines is 1. The zero-order valence-electron chi connectivity index (χ0n) is 13.7. The summed E-state index contributed by atoms with van der Waals surface area (Å²) in [6, 6.07) is 16.4. The number of thiophene rings is 1. The fourth-order valence-corrected chi connectivity index (χ4v) is 4.08. The van der Waals surface area contributed by atoms with Gasteiger partial charge in [0.05, 0.1) is 5.52 Å². The molecule has 26 heavy (non-hydrogen) atoms. The number of carbonyl (C=O) groups is 1. The molecule has 0 saturated heterocycles. The number of hydrogen-bond donors (Lipinski definition) is 1. The fraction of sp³-hybridized carbons (Fsp3) is 0.0500. The Morgan fingerprint density at radius 1 is 1.12 bits per heavy atom. The molecule has 0 amide bonds. The van der Waals surface area contributed by atoms with Crippen LogP contribution in [0.5, 0.6) is 0 Å². The summed E-state index contributed by atoms with van der Waals surface area (Å²) in [5.74, 6) is 0.404. The molecule has 2 aromatic carbocycles. The normalized spacial score (nSPS) is 11.0. The number of rotatable bonds is 3.